The van der Waals surface area contributed by atoms with E-state index in [1.807, 2.05) is 0 Å². The average Bonchev–Trinajstić information content (AvgIpc) is 2.49. The van der Waals surface area contributed by atoms with Crippen molar-refractivity contribution in [3.05, 3.63) is 0 Å². The van der Waals surface area contributed by atoms with Crippen LogP contribution < -0.4 is 0 Å². The van der Waals surface area contributed by atoms with E-state index in [-0.39, 0.29) is 0 Å². The summed E-state index contributed by atoms with van der Waals surface area (Å²) in [5.74, 6) is -1.46. The zero-order chi connectivity index (χ0) is 11.9. The molecule has 0 saturated carbocycles. The Hall–Kier alpha value is -1.31. The fourth-order valence-electron chi connectivity index (χ4n) is 0.988. The molecule has 1 aliphatic rings. The third-order valence-electron chi connectivity index (χ3n) is 2.12. The number of alkyl halides is 3. The smallest absolute Gasteiger partial charge is 0.420 e. The van der Waals surface area contributed by atoms with Gasteiger partial charge >= 0.3 is 12.1 Å². The largest absolute Gasteiger partial charge is 0.477 e. The molecule has 15 heavy (non-hydrogen) atoms. The second kappa shape index (κ2) is 3.37. The van der Waals surface area contributed by atoms with Crippen molar-refractivity contribution in [2.45, 2.75) is 31.2 Å². The summed E-state index contributed by atoms with van der Waals surface area (Å²) in [6.07, 6.45) is -7.20. The van der Waals surface area contributed by atoms with E-state index in [4.69, 9.17) is 10.2 Å². The number of rotatable bonds is 2. The van der Waals surface area contributed by atoms with E-state index in [1.165, 1.54) is 0 Å². The minimum atomic E-state index is -4.90. The molecule has 5 nitrogen and oxygen atoms in total. The molecule has 2 unspecified atom stereocenters. The first kappa shape index (κ1) is 11.8. The highest BCUT2D eigenvalue weighted by molar-refractivity contribution is 6.35. The van der Waals surface area contributed by atoms with Gasteiger partial charge < -0.3 is 15.1 Å². The zero-order valence-corrected chi connectivity index (χ0v) is 7.58. The van der Waals surface area contributed by atoms with Crippen LogP contribution in [0.3, 0.4) is 0 Å². The highest BCUT2D eigenvalue weighted by Crippen LogP contribution is 2.37. The van der Waals surface area contributed by atoms with E-state index in [9.17, 15) is 18.0 Å². The van der Waals surface area contributed by atoms with Crippen molar-refractivity contribution in [3.63, 3.8) is 0 Å². The lowest BCUT2D eigenvalue weighted by Crippen LogP contribution is -2.52. The summed E-state index contributed by atoms with van der Waals surface area (Å²) >= 11 is 0. The molecule has 1 heterocycles. The molecule has 0 amide bonds. The van der Waals surface area contributed by atoms with Gasteiger partial charge in [-0.25, -0.2) is 4.79 Å². The Morgan fingerprint density at radius 2 is 2.13 bits per heavy atom. The van der Waals surface area contributed by atoms with Crippen molar-refractivity contribution in [2.24, 2.45) is 5.16 Å². The second-order valence-corrected chi connectivity index (χ2v) is 3.29. The van der Waals surface area contributed by atoms with Crippen LogP contribution in [-0.2, 0) is 9.63 Å². The second-order valence-electron chi connectivity index (χ2n) is 3.29. The van der Waals surface area contributed by atoms with Crippen LogP contribution in [0.2, 0.25) is 0 Å². The Labute approximate surface area is 82.1 Å². The number of oxime groups is 1. The van der Waals surface area contributed by atoms with Gasteiger partial charge in [-0.15, -0.1) is 0 Å². The molecule has 0 aliphatic carbocycles. The number of carbonyl (C=O) groups is 1. The van der Waals surface area contributed by atoms with E-state index < -0.39 is 36.0 Å². The maximum atomic E-state index is 12.3. The fourth-order valence-corrected chi connectivity index (χ4v) is 0.988. The first-order valence-electron chi connectivity index (χ1n) is 3.91. The van der Waals surface area contributed by atoms with Gasteiger partial charge in [0.1, 0.15) is 0 Å². The molecule has 0 aromatic rings. The molecule has 1 rings (SSSR count). The maximum absolute atomic E-state index is 12.3. The minimum absolute atomic E-state index is 0.512. The van der Waals surface area contributed by atoms with Crippen molar-refractivity contribution < 1.29 is 33.0 Å². The summed E-state index contributed by atoms with van der Waals surface area (Å²) in [6.45, 7) is 0.512. The number of nitrogens with zero attached hydrogens (tertiary/aromatic N) is 1. The summed E-state index contributed by atoms with van der Waals surface area (Å²) < 4.78 is 36.9. The highest BCUT2D eigenvalue weighted by Gasteiger charge is 2.58. The predicted octanol–water partition coefficient (Wildman–Crippen LogP) is 0.529. The van der Waals surface area contributed by atoms with Crippen molar-refractivity contribution in [1.82, 2.24) is 0 Å². The standard InChI is InChI=1S/C7H8F3NO4/c1-6(14,7(8,9)10)4-2-3(5(12)13)11-15-4/h4,14H,2H2,1H3,(H,12,13). The highest BCUT2D eigenvalue weighted by atomic mass is 19.4. The van der Waals surface area contributed by atoms with Gasteiger partial charge in [0, 0.05) is 6.42 Å². The maximum Gasteiger partial charge on any atom is 0.420 e. The molecule has 1 aliphatic heterocycles. The normalized spacial score (nSPS) is 25.4. The van der Waals surface area contributed by atoms with Gasteiger partial charge in [-0.2, -0.15) is 13.2 Å². The summed E-state index contributed by atoms with van der Waals surface area (Å²) in [5.41, 5.74) is -3.65. The number of aliphatic hydroxyl groups is 1. The molecule has 0 bridgehead atoms. The van der Waals surface area contributed by atoms with Gasteiger partial charge in [-0.05, 0) is 6.92 Å². The molecule has 0 radical (unpaired) electrons. The van der Waals surface area contributed by atoms with Gasteiger partial charge in [0.15, 0.2) is 17.4 Å². The summed E-state index contributed by atoms with van der Waals surface area (Å²) in [7, 11) is 0. The first-order chi connectivity index (χ1) is 6.66. The monoisotopic (exact) mass is 227 g/mol. The van der Waals surface area contributed by atoms with Gasteiger partial charge in [0.05, 0.1) is 0 Å². The molecule has 0 aromatic carbocycles. The predicted molar refractivity (Wildman–Crippen MR) is 41.2 cm³/mol. The van der Waals surface area contributed by atoms with Crippen LogP contribution in [0, 0.1) is 0 Å². The van der Waals surface area contributed by atoms with Crippen molar-refractivity contribution in [2.75, 3.05) is 0 Å². The third-order valence-corrected chi connectivity index (χ3v) is 2.12. The zero-order valence-electron chi connectivity index (χ0n) is 7.58. The lowest BCUT2D eigenvalue weighted by Gasteiger charge is -2.29. The quantitative estimate of drug-likeness (QED) is 0.721. The Morgan fingerprint density at radius 3 is 2.47 bits per heavy atom. The topological polar surface area (TPSA) is 79.1 Å². The summed E-state index contributed by atoms with van der Waals surface area (Å²) in [6, 6.07) is 0. The van der Waals surface area contributed by atoms with Crippen molar-refractivity contribution >= 4 is 11.7 Å². The Kier molecular flexibility index (Phi) is 2.64. The SMILES string of the molecule is CC(O)(C1CC(C(=O)O)=NO1)C(F)(F)F. The molecular weight excluding hydrogens is 219 g/mol. The first-order valence-corrected chi connectivity index (χ1v) is 3.91. The van der Waals surface area contributed by atoms with Crippen molar-refractivity contribution in [3.8, 4) is 0 Å². The molecule has 0 saturated heterocycles. The van der Waals surface area contributed by atoms with Gasteiger partial charge in [-0.3, -0.25) is 0 Å². The number of aliphatic carboxylic acids is 1. The third kappa shape index (κ3) is 2.04. The van der Waals surface area contributed by atoms with Crippen LogP contribution in [-0.4, -0.2) is 39.8 Å². The lowest BCUT2D eigenvalue weighted by atomic mass is 9.94. The number of halogens is 3. The molecule has 2 N–H and O–H groups in total. The number of carboxylic acid groups (broad SMARTS) is 1. The van der Waals surface area contributed by atoms with Crippen LogP contribution in [0.5, 0.6) is 0 Å². The molecule has 86 valence electrons. The van der Waals surface area contributed by atoms with Crippen LogP contribution in [0.15, 0.2) is 5.16 Å². The van der Waals surface area contributed by atoms with Crippen LogP contribution in [0.25, 0.3) is 0 Å². The van der Waals surface area contributed by atoms with Crippen LogP contribution in [0.1, 0.15) is 13.3 Å². The lowest BCUT2D eigenvalue weighted by molar-refractivity contribution is -0.285. The van der Waals surface area contributed by atoms with E-state index in [0.29, 0.717) is 6.92 Å². The van der Waals surface area contributed by atoms with E-state index >= 15 is 0 Å². The fraction of sp³-hybridized carbons (Fsp3) is 0.714. The Balaban J connectivity index is 2.76. The van der Waals surface area contributed by atoms with E-state index in [0.717, 1.165) is 0 Å². The molecule has 8 heteroatoms. The Morgan fingerprint density at radius 1 is 1.60 bits per heavy atom. The van der Waals surface area contributed by atoms with Crippen molar-refractivity contribution in [1.29, 1.82) is 0 Å². The number of hydrogen-bond donors (Lipinski definition) is 2. The number of carboxylic acids is 1. The molecule has 2 atom stereocenters. The van der Waals surface area contributed by atoms with Crippen LogP contribution in [0.4, 0.5) is 13.2 Å². The average molecular weight is 227 g/mol. The van der Waals surface area contributed by atoms with Gasteiger partial charge in [0.25, 0.3) is 0 Å². The molecule has 0 fully saturated rings. The Bertz CT molecular complexity index is 310. The number of hydrogen-bond acceptors (Lipinski definition) is 4. The van der Waals surface area contributed by atoms with Gasteiger partial charge in [0.2, 0.25) is 0 Å². The van der Waals surface area contributed by atoms with E-state index in [2.05, 4.69) is 9.99 Å². The minimum Gasteiger partial charge on any atom is -0.477 e. The molecule has 0 aromatic heterocycles. The molecular formula is C7H8F3NO4. The van der Waals surface area contributed by atoms with Gasteiger partial charge in [-0.1, -0.05) is 5.16 Å². The van der Waals surface area contributed by atoms with E-state index in [1.54, 1.807) is 0 Å². The van der Waals surface area contributed by atoms with Crippen LogP contribution >= 0.6 is 0 Å². The summed E-state index contributed by atoms with van der Waals surface area (Å²) in [5, 5.41) is 20.5. The molecule has 0 spiro atoms. The summed E-state index contributed by atoms with van der Waals surface area (Å²) in [4.78, 5) is 14.6.